The standard InChI is InChI=1S/C12H22N2O2/c1-9(2)16-12(15)10(3)14-7-5-4-6-11(14)8-13/h4,6,9-11H,5,7-8,13H2,1-3H3. The molecule has 0 spiro atoms. The van der Waals surface area contributed by atoms with Crippen molar-refractivity contribution in [1.82, 2.24) is 4.90 Å². The molecule has 92 valence electrons. The van der Waals surface area contributed by atoms with Crippen LogP contribution in [0.1, 0.15) is 27.2 Å². The molecule has 0 saturated carbocycles. The van der Waals surface area contributed by atoms with E-state index in [2.05, 4.69) is 17.1 Å². The maximum Gasteiger partial charge on any atom is 0.323 e. The van der Waals surface area contributed by atoms with Gasteiger partial charge in [-0.05, 0) is 27.2 Å². The molecule has 4 nitrogen and oxygen atoms in total. The number of ether oxygens (including phenoxy) is 1. The van der Waals surface area contributed by atoms with Crippen molar-refractivity contribution < 1.29 is 9.53 Å². The van der Waals surface area contributed by atoms with E-state index >= 15 is 0 Å². The van der Waals surface area contributed by atoms with Crippen molar-refractivity contribution in [1.29, 1.82) is 0 Å². The molecule has 2 atom stereocenters. The molecule has 0 radical (unpaired) electrons. The average Bonchev–Trinajstić information content (AvgIpc) is 2.27. The summed E-state index contributed by atoms with van der Waals surface area (Å²) in [7, 11) is 0. The lowest BCUT2D eigenvalue weighted by molar-refractivity contribution is -0.153. The fourth-order valence-electron chi connectivity index (χ4n) is 1.91. The van der Waals surface area contributed by atoms with Crippen LogP contribution in [0.25, 0.3) is 0 Å². The monoisotopic (exact) mass is 226 g/mol. The zero-order chi connectivity index (χ0) is 12.1. The van der Waals surface area contributed by atoms with Crippen molar-refractivity contribution in [2.75, 3.05) is 13.1 Å². The summed E-state index contributed by atoms with van der Waals surface area (Å²) >= 11 is 0. The van der Waals surface area contributed by atoms with Gasteiger partial charge in [0.1, 0.15) is 6.04 Å². The molecule has 1 heterocycles. The molecule has 16 heavy (non-hydrogen) atoms. The number of rotatable bonds is 4. The number of nitrogens with two attached hydrogens (primary N) is 1. The summed E-state index contributed by atoms with van der Waals surface area (Å²) in [5, 5.41) is 0. The third kappa shape index (κ3) is 3.32. The fraction of sp³-hybridized carbons (Fsp3) is 0.750. The second-order valence-electron chi connectivity index (χ2n) is 4.42. The molecule has 0 aromatic heterocycles. The quantitative estimate of drug-likeness (QED) is 0.572. The van der Waals surface area contributed by atoms with Gasteiger partial charge in [-0.3, -0.25) is 9.69 Å². The van der Waals surface area contributed by atoms with Crippen LogP contribution < -0.4 is 5.73 Å². The highest BCUT2D eigenvalue weighted by atomic mass is 16.5. The first kappa shape index (κ1) is 13.2. The van der Waals surface area contributed by atoms with Crippen LogP contribution in [-0.4, -0.2) is 42.1 Å². The van der Waals surface area contributed by atoms with E-state index < -0.39 is 0 Å². The SMILES string of the molecule is CC(C)OC(=O)C(C)N1CCC=CC1CN. The van der Waals surface area contributed by atoms with E-state index in [9.17, 15) is 4.79 Å². The fourth-order valence-corrected chi connectivity index (χ4v) is 1.91. The molecule has 0 amide bonds. The molecular formula is C12H22N2O2. The Morgan fingerprint density at radius 1 is 1.56 bits per heavy atom. The van der Waals surface area contributed by atoms with Gasteiger partial charge in [0.25, 0.3) is 0 Å². The minimum absolute atomic E-state index is 0.0633. The minimum atomic E-state index is -0.221. The Labute approximate surface area is 97.4 Å². The Morgan fingerprint density at radius 2 is 2.25 bits per heavy atom. The first-order valence-electron chi connectivity index (χ1n) is 5.89. The molecule has 1 aliphatic heterocycles. The van der Waals surface area contributed by atoms with E-state index in [0.717, 1.165) is 13.0 Å². The second kappa shape index (κ2) is 6.01. The van der Waals surface area contributed by atoms with Crippen molar-refractivity contribution in [3.63, 3.8) is 0 Å². The lowest BCUT2D eigenvalue weighted by Gasteiger charge is -2.35. The van der Waals surface area contributed by atoms with Crippen LogP contribution in [0.4, 0.5) is 0 Å². The topological polar surface area (TPSA) is 55.6 Å². The largest absolute Gasteiger partial charge is 0.462 e. The maximum atomic E-state index is 11.8. The van der Waals surface area contributed by atoms with Gasteiger partial charge in [-0.1, -0.05) is 12.2 Å². The number of carbonyl (C=O) groups excluding carboxylic acids is 1. The molecule has 0 saturated heterocycles. The normalized spacial score (nSPS) is 23.4. The second-order valence-corrected chi connectivity index (χ2v) is 4.42. The maximum absolute atomic E-state index is 11.8. The van der Waals surface area contributed by atoms with Crippen LogP contribution in [-0.2, 0) is 9.53 Å². The minimum Gasteiger partial charge on any atom is -0.462 e. The van der Waals surface area contributed by atoms with Crippen molar-refractivity contribution in [2.45, 2.75) is 45.4 Å². The van der Waals surface area contributed by atoms with Gasteiger partial charge in [0.2, 0.25) is 0 Å². The number of hydrogen-bond donors (Lipinski definition) is 1. The first-order valence-corrected chi connectivity index (χ1v) is 5.89. The predicted molar refractivity (Wildman–Crippen MR) is 64.0 cm³/mol. The van der Waals surface area contributed by atoms with Crippen LogP contribution in [0.5, 0.6) is 0 Å². The highest BCUT2D eigenvalue weighted by molar-refractivity contribution is 5.75. The summed E-state index contributed by atoms with van der Waals surface area (Å²) in [5.41, 5.74) is 5.69. The lowest BCUT2D eigenvalue weighted by atomic mass is 10.1. The van der Waals surface area contributed by atoms with E-state index in [0.29, 0.717) is 6.54 Å². The number of nitrogens with zero attached hydrogens (tertiary/aromatic N) is 1. The molecule has 0 aromatic carbocycles. The zero-order valence-electron chi connectivity index (χ0n) is 10.3. The van der Waals surface area contributed by atoms with Crippen molar-refractivity contribution in [3.8, 4) is 0 Å². The van der Waals surface area contributed by atoms with E-state index in [1.165, 1.54) is 0 Å². The smallest absolute Gasteiger partial charge is 0.323 e. The van der Waals surface area contributed by atoms with Gasteiger partial charge in [-0.15, -0.1) is 0 Å². The highest BCUT2D eigenvalue weighted by Crippen LogP contribution is 2.14. The van der Waals surface area contributed by atoms with Crippen molar-refractivity contribution in [3.05, 3.63) is 12.2 Å². The van der Waals surface area contributed by atoms with Gasteiger partial charge in [-0.25, -0.2) is 0 Å². The summed E-state index contributed by atoms with van der Waals surface area (Å²) in [6.45, 7) is 7.01. The number of esters is 1. The zero-order valence-corrected chi connectivity index (χ0v) is 10.3. The molecule has 2 N–H and O–H groups in total. The van der Waals surface area contributed by atoms with Crippen molar-refractivity contribution >= 4 is 5.97 Å². The molecule has 1 aliphatic rings. The molecule has 0 aliphatic carbocycles. The number of hydrogen-bond acceptors (Lipinski definition) is 4. The Balaban J connectivity index is 2.61. The number of carbonyl (C=O) groups is 1. The summed E-state index contributed by atoms with van der Waals surface area (Å²) in [5.74, 6) is -0.163. The van der Waals surface area contributed by atoms with Gasteiger partial charge in [0, 0.05) is 19.1 Å². The van der Waals surface area contributed by atoms with Crippen LogP contribution in [0.3, 0.4) is 0 Å². The van der Waals surface area contributed by atoms with Crippen LogP contribution in [0.15, 0.2) is 12.2 Å². The Morgan fingerprint density at radius 3 is 2.81 bits per heavy atom. The van der Waals surface area contributed by atoms with Crippen LogP contribution in [0, 0.1) is 0 Å². The Bertz CT molecular complexity index is 264. The summed E-state index contributed by atoms with van der Waals surface area (Å²) in [6.07, 6.45) is 5.10. The summed E-state index contributed by atoms with van der Waals surface area (Å²) in [6, 6.07) is -0.0654. The summed E-state index contributed by atoms with van der Waals surface area (Å²) < 4.78 is 5.21. The van der Waals surface area contributed by atoms with E-state index in [-0.39, 0.29) is 24.2 Å². The van der Waals surface area contributed by atoms with Crippen LogP contribution >= 0.6 is 0 Å². The van der Waals surface area contributed by atoms with Gasteiger partial charge in [-0.2, -0.15) is 0 Å². The Hall–Kier alpha value is -0.870. The van der Waals surface area contributed by atoms with Gasteiger partial charge in [0.15, 0.2) is 0 Å². The summed E-state index contributed by atoms with van der Waals surface area (Å²) in [4.78, 5) is 13.9. The van der Waals surface area contributed by atoms with Gasteiger partial charge >= 0.3 is 5.97 Å². The molecule has 4 heteroatoms. The van der Waals surface area contributed by atoms with Gasteiger partial charge in [0.05, 0.1) is 6.10 Å². The Kier molecular flexibility index (Phi) is 4.96. The predicted octanol–water partition coefficient (Wildman–Crippen LogP) is 0.916. The lowest BCUT2D eigenvalue weighted by Crippen LogP contribution is -2.50. The molecule has 0 fully saturated rings. The van der Waals surface area contributed by atoms with Gasteiger partial charge < -0.3 is 10.5 Å². The van der Waals surface area contributed by atoms with Crippen LogP contribution in [0.2, 0.25) is 0 Å². The van der Waals surface area contributed by atoms with E-state index in [1.54, 1.807) is 0 Å². The third-order valence-electron chi connectivity index (χ3n) is 2.77. The highest BCUT2D eigenvalue weighted by Gasteiger charge is 2.28. The molecule has 0 aromatic rings. The molecular weight excluding hydrogens is 204 g/mol. The van der Waals surface area contributed by atoms with E-state index in [4.69, 9.17) is 10.5 Å². The molecule has 0 bridgehead atoms. The third-order valence-corrected chi connectivity index (χ3v) is 2.77. The van der Waals surface area contributed by atoms with E-state index in [1.807, 2.05) is 20.8 Å². The average molecular weight is 226 g/mol. The molecule has 2 unspecified atom stereocenters. The van der Waals surface area contributed by atoms with Crippen molar-refractivity contribution in [2.24, 2.45) is 5.73 Å². The first-order chi connectivity index (χ1) is 7.56. The molecule has 1 rings (SSSR count).